The van der Waals surface area contributed by atoms with E-state index in [4.69, 9.17) is 9.52 Å². The van der Waals surface area contributed by atoms with Gasteiger partial charge in [-0.3, -0.25) is 9.59 Å². The number of amides is 1. The van der Waals surface area contributed by atoms with Gasteiger partial charge in [-0.1, -0.05) is 32.1 Å². The van der Waals surface area contributed by atoms with E-state index >= 15 is 0 Å². The number of aliphatic carboxylic acids is 1. The van der Waals surface area contributed by atoms with Crippen molar-refractivity contribution in [3.63, 3.8) is 0 Å². The molecule has 1 unspecified atom stereocenters. The minimum Gasteiger partial charge on any atom is -0.481 e. The van der Waals surface area contributed by atoms with E-state index in [-0.39, 0.29) is 24.1 Å². The fraction of sp³-hybridized carbons (Fsp3) is 0.625. The van der Waals surface area contributed by atoms with E-state index in [0.29, 0.717) is 16.8 Å². The Morgan fingerprint density at radius 1 is 1.36 bits per heavy atom. The van der Waals surface area contributed by atoms with Crippen molar-refractivity contribution in [3.05, 3.63) is 22.6 Å². The van der Waals surface area contributed by atoms with Gasteiger partial charge in [0.1, 0.15) is 0 Å². The first kappa shape index (κ1) is 17.1. The van der Waals surface area contributed by atoms with Gasteiger partial charge in [0, 0.05) is 12.5 Å². The molecule has 1 fully saturated rings. The molecule has 1 saturated carbocycles. The first-order valence-electron chi connectivity index (χ1n) is 7.82. The maximum absolute atomic E-state index is 12.2. The van der Waals surface area contributed by atoms with E-state index < -0.39 is 5.97 Å². The maximum Gasteiger partial charge on any atom is 0.303 e. The van der Waals surface area contributed by atoms with E-state index in [1.807, 2.05) is 0 Å². The second-order valence-electron chi connectivity index (χ2n) is 5.94. The van der Waals surface area contributed by atoms with Crippen molar-refractivity contribution in [2.45, 2.75) is 57.4 Å². The number of halogens is 1. The standard InChI is InChI=1S/C16H22BrNO4/c17-13-8-9-22-15(13)16(21)18-12(6-7-14(19)20)10-11-4-2-1-3-5-11/h8-9,11-12H,1-7,10H2,(H,18,21)(H,19,20). The molecule has 122 valence electrons. The van der Waals surface area contributed by atoms with Crippen molar-refractivity contribution in [1.82, 2.24) is 5.32 Å². The van der Waals surface area contributed by atoms with Gasteiger partial charge >= 0.3 is 5.97 Å². The fourth-order valence-electron chi connectivity index (χ4n) is 3.08. The number of carbonyl (C=O) groups is 2. The van der Waals surface area contributed by atoms with Crippen LogP contribution in [0.25, 0.3) is 0 Å². The maximum atomic E-state index is 12.2. The minimum atomic E-state index is -0.831. The first-order chi connectivity index (χ1) is 10.6. The lowest BCUT2D eigenvalue weighted by molar-refractivity contribution is -0.137. The van der Waals surface area contributed by atoms with Gasteiger partial charge in [-0.15, -0.1) is 0 Å². The lowest BCUT2D eigenvalue weighted by Gasteiger charge is -2.26. The molecule has 1 aromatic heterocycles. The molecule has 1 aliphatic carbocycles. The smallest absolute Gasteiger partial charge is 0.303 e. The normalized spacial score (nSPS) is 17.1. The molecule has 0 aliphatic heterocycles. The molecule has 1 aromatic rings. The molecule has 1 amide bonds. The molecule has 1 atom stereocenters. The predicted octanol–water partition coefficient (Wildman–Crippen LogP) is 3.98. The third-order valence-corrected chi connectivity index (χ3v) is 4.83. The fourth-order valence-corrected chi connectivity index (χ4v) is 3.46. The van der Waals surface area contributed by atoms with Crippen LogP contribution >= 0.6 is 15.9 Å². The molecule has 22 heavy (non-hydrogen) atoms. The van der Waals surface area contributed by atoms with Crippen molar-refractivity contribution in [1.29, 1.82) is 0 Å². The second kappa shape index (κ2) is 8.36. The Morgan fingerprint density at radius 3 is 2.68 bits per heavy atom. The van der Waals surface area contributed by atoms with E-state index in [0.717, 1.165) is 6.42 Å². The van der Waals surface area contributed by atoms with Crippen LogP contribution in [0.4, 0.5) is 0 Å². The average Bonchev–Trinajstić information content (AvgIpc) is 2.92. The topological polar surface area (TPSA) is 79.5 Å². The zero-order valence-electron chi connectivity index (χ0n) is 12.5. The summed E-state index contributed by atoms with van der Waals surface area (Å²) in [4.78, 5) is 23.1. The first-order valence-corrected chi connectivity index (χ1v) is 8.61. The highest BCUT2D eigenvalue weighted by molar-refractivity contribution is 9.10. The highest BCUT2D eigenvalue weighted by Gasteiger charge is 2.23. The summed E-state index contributed by atoms with van der Waals surface area (Å²) >= 11 is 3.27. The molecular formula is C16H22BrNO4. The lowest BCUT2D eigenvalue weighted by atomic mass is 9.84. The van der Waals surface area contributed by atoms with Crippen molar-refractivity contribution >= 4 is 27.8 Å². The van der Waals surface area contributed by atoms with E-state index in [2.05, 4.69) is 21.2 Å². The Labute approximate surface area is 138 Å². The summed E-state index contributed by atoms with van der Waals surface area (Å²) in [7, 11) is 0. The quantitative estimate of drug-likeness (QED) is 0.759. The van der Waals surface area contributed by atoms with Gasteiger partial charge in [-0.25, -0.2) is 0 Å². The van der Waals surface area contributed by atoms with Crippen LogP contribution in [0.2, 0.25) is 0 Å². The molecule has 1 aliphatic rings. The van der Waals surface area contributed by atoms with Crippen LogP contribution < -0.4 is 5.32 Å². The van der Waals surface area contributed by atoms with E-state index in [1.54, 1.807) is 6.07 Å². The molecule has 0 bridgehead atoms. The summed E-state index contributed by atoms with van der Waals surface area (Å²) < 4.78 is 5.78. The Bertz CT molecular complexity index is 508. The van der Waals surface area contributed by atoms with Crippen LogP contribution in [0.15, 0.2) is 21.2 Å². The number of hydrogen-bond donors (Lipinski definition) is 2. The Kier molecular flexibility index (Phi) is 6.49. The molecule has 0 spiro atoms. The van der Waals surface area contributed by atoms with Crippen molar-refractivity contribution in [2.24, 2.45) is 5.92 Å². The number of carboxylic acid groups (broad SMARTS) is 1. The van der Waals surface area contributed by atoms with Crippen LogP contribution in [-0.2, 0) is 4.79 Å². The largest absolute Gasteiger partial charge is 0.481 e. The monoisotopic (exact) mass is 371 g/mol. The highest BCUT2D eigenvalue weighted by Crippen LogP contribution is 2.28. The van der Waals surface area contributed by atoms with E-state index in [1.165, 1.54) is 38.4 Å². The van der Waals surface area contributed by atoms with Crippen LogP contribution in [0, 0.1) is 5.92 Å². The number of hydrogen-bond acceptors (Lipinski definition) is 3. The number of rotatable bonds is 7. The van der Waals surface area contributed by atoms with E-state index in [9.17, 15) is 9.59 Å². The van der Waals surface area contributed by atoms with Gasteiger partial charge < -0.3 is 14.8 Å². The van der Waals surface area contributed by atoms with Gasteiger partial charge in [-0.05, 0) is 40.8 Å². The third-order valence-electron chi connectivity index (χ3n) is 4.21. The van der Waals surface area contributed by atoms with Crippen molar-refractivity contribution < 1.29 is 19.1 Å². The van der Waals surface area contributed by atoms with Crippen LogP contribution in [0.1, 0.15) is 61.9 Å². The summed E-state index contributed by atoms with van der Waals surface area (Å²) in [5.41, 5.74) is 0. The summed E-state index contributed by atoms with van der Waals surface area (Å²) in [5.74, 6) is -0.304. The molecule has 2 N–H and O–H groups in total. The number of carboxylic acids is 1. The molecule has 0 aromatic carbocycles. The Morgan fingerprint density at radius 2 is 2.09 bits per heavy atom. The van der Waals surface area contributed by atoms with Gasteiger partial charge in [0.15, 0.2) is 0 Å². The molecule has 2 rings (SSSR count). The summed E-state index contributed by atoms with van der Waals surface area (Å²) in [6, 6.07) is 1.55. The summed E-state index contributed by atoms with van der Waals surface area (Å²) in [6.07, 6.45) is 8.90. The van der Waals surface area contributed by atoms with Crippen LogP contribution in [0.3, 0.4) is 0 Å². The van der Waals surface area contributed by atoms with Gasteiger partial charge in [0.25, 0.3) is 5.91 Å². The number of nitrogens with one attached hydrogen (secondary N) is 1. The third kappa shape index (κ3) is 5.16. The van der Waals surface area contributed by atoms with Crippen LogP contribution in [0.5, 0.6) is 0 Å². The van der Waals surface area contributed by atoms with Crippen molar-refractivity contribution in [3.8, 4) is 0 Å². The molecule has 0 radical (unpaired) electrons. The van der Waals surface area contributed by atoms with Gasteiger partial charge in [-0.2, -0.15) is 0 Å². The SMILES string of the molecule is O=C(O)CCC(CC1CCCCC1)NC(=O)c1occc1Br. The summed E-state index contributed by atoms with van der Waals surface area (Å²) in [6.45, 7) is 0. The highest BCUT2D eigenvalue weighted by atomic mass is 79.9. The molecule has 0 saturated heterocycles. The zero-order chi connectivity index (χ0) is 15.9. The minimum absolute atomic E-state index is 0.0665. The van der Waals surface area contributed by atoms with Crippen LogP contribution in [-0.4, -0.2) is 23.0 Å². The zero-order valence-corrected chi connectivity index (χ0v) is 14.1. The van der Waals surface area contributed by atoms with Gasteiger partial charge in [0.05, 0.1) is 10.7 Å². The van der Waals surface area contributed by atoms with Gasteiger partial charge in [0.2, 0.25) is 5.76 Å². The molecule has 6 heteroatoms. The summed E-state index contributed by atoms with van der Waals surface area (Å²) in [5, 5.41) is 11.8. The average molecular weight is 372 g/mol. The Balaban J connectivity index is 1.95. The second-order valence-corrected chi connectivity index (χ2v) is 6.79. The molecular weight excluding hydrogens is 350 g/mol. The lowest BCUT2D eigenvalue weighted by Crippen LogP contribution is -2.37. The number of furan rings is 1. The van der Waals surface area contributed by atoms with Crippen molar-refractivity contribution in [2.75, 3.05) is 0 Å². The Hall–Kier alpha value is -1.30. The molecule has 1 heterocycles. The molecule has 5 nitrogen and oxygen atoms in total. The predicted molar refractivity (Wildman–Crippen MR) is 85.7 cm³/mol. The number of carbonyl (C=O) groups excluding carboxylic acids is 1.